The van der Waals surface area contributed by atoms with Crippen molar-refractivity contribution >= 4 is 5.91 Å². The van der Waals surface area contributed by atoms with Gasteiger partial charge in [-0.2, -0.15) is 0 Å². The third-order valence-electron chi connectivity index (χ3n) is 2.47. The molecule has 1 aromatic carbocycles. The number of aliphatic hydroxyl groups is 1. The van der Waals surface area contributed by atoms with E-state index in [1.54, 1.807) is 32.4 Å². The molecule has 0 saturated heterocycles. The van der Waals surface area contributed by atoms with E-state index in [0.717, 1.165) is 5.56 Å². The van der Waals surface area contributed by atoms with E-state index in [9.17, 15) is 9.90 Å². The third kappa shape index (κ3) is 3.61. The summed E-state index contributed by atoms with van der Waals surface area (Å²) in [6.45, 7) is 0.122. The molecule has 18 heavy (non-hydrogen) atoms. The van der Waals surface area contributed by atoms with Gasteiger partial charge in [-0.3, -0.25) is 4.79 Å². The molecule has 1 atom stereocenters. The number of rotatable bonds is 6. The van der Waals surface area contributed by atoms with Crippen LogP contribution in [0.15, 0.2) is 18.2 Å². The Morgan fingerprint density at radius 1 is 1.44 bits per heavy atom. The van der Waals surface area contributed by atoms with Gasteiger partial charge in [-0.25, -0.2) is 0 Å². The van der Waals surface area contributed by atoms with E-state index in [1.807, 2.05) is 0 Å². The zero-order valence-corrected chi connectivity index (χ0v) is 10.5. The number of hydrogen-bond donors (Lipinski definition) is 3. The molecule has 0 aliphatic rings. The van der Waals surface area contributed by atoms with Crippen LogP contribution in [-0.2, 0) is 11.3 Å². The first-order valence-electron chi connectivity index (χ1n) is 5.49. The van der Waals surface area contributed by atoms with Gasteiger partial charge in [0.2, 0.25) is 5.91 Å². The van der Waals surface area contributed by atoms with Crippen molar-refractivity contribution in [2.75, 3.05) is 20.8 Å². The van der Waals surface area contributed by atoms with Crippen LogP contribution < -0.4 is 20.5 Å². The van der Waals surface area contributed by atoms with Crippen molar-refractivity contribution in [2.45, 2.75) is 12.6 Å². The Morgan fingerprint density at radius 3 is 2.72 bits per heavy atom. The molecule has 0 spiro atoms. The van der Waals surface area contributed by atoms with Crippen LogP contribution in [0, 0.1) is 0 Å². The molecule has 0 bridgehead atoms. The van der Waals surface area contributed by atoms with E-state index in [4.69, 9.17) is 15.2 Å². The minimum absolute atomic E-state index is 0.110. The summed E-state index contributed by atoms with van der Waals surface area (Å²) in [6.07, 6.45) is -1.19. The highest BCUT2D eigenvalue weighted by atomic mass is 16.5. The number of ether oxygens (including phenoxy) is 2. The van der Waals surface area contributed by atoms with Crippen molar-refractivity contribution in [2.24, 2.45) is 5.73 Å². The summed E-state index contributed by atoms with van der Waals surface area (Å²) in [5, 5.41) is 11.8. The van der Waals surface area contributed by atoms with Crippen molar-refractivity contribution in [3.05, 3.63) is 23.8 Å². The fraction of sp³-hybridized carbons (Fsp3) is 0.417. The van der Waals surface area contributed by atoms with E-state index in [2.05, 4.69) is 5.32 Å². The lowest BCUT2D eigenvalue weighted by molar-refractivity contribution is -0.128. The quantitative estimate of drug-likeness (QED) is 0.644. The molecule has 0 saturated carbocycles. The van der Waals surface area contributed by atoms with Crippen LogP contribution in [0.1, 0.15) is 5.56 Å². The molecule has 6 heteroatoms. The molecule has 4 N–H and O–H groups in total. The van der Waals surface area contributed by atoms with Crippen molar-refractivity contribution in [3.8, 4) is 11.5 Å². The number of nitrogens with two attached hydrogens (primary N) is 1. The largest absolute Gasteiger partial charge is 0.497 e. The summed E-state index contributed by atoms with van der Waals surface area (Å²) >= 11 is 0. The second-order valence-electron chi connectivity index (χ2n) is 3.65. The third-order valence-corrected chi connectivity index (χ3v) is 2.47. The number of carbonyl (C=O) groups is 1. The predicted molar refractivity (Wildman–Crippen MR) is 66.5 cm³/mol. The average molecular weight is 254 g/mol. The Balaban J connectivity index is 2.73. The Labute approximate surface area is 106 Å². The lowest BCUT2D eigenvalue weighted by Crippen LogP contribution is -2.38. The van der Waals surface area contributed by atoms with E-state index in [1.165, 1.54) is 0 Å². The van der Waals surface area contributed by atoms with Gasteiger partial charge in [0.1, 0.15) is 17.6 Å². The Morgan fingerprint density at radius 2 is 2.17 bits per heavy atom. The van der Waals surface area contributed by atoms with Crippen molar-refractivity contribution < 1.29 is 19.4 Å². The number of hydrogen-bond acceptors (Lipinski definition) is 5. The Kier molecular flexibility index (Phi) is 5.41. The van der Waals surface area contributed by atoms with Crippen LogP contribution >= 0.6 is 0 Å². The van der Waals surface area contributed by atoms with Crippen LogP contribution in [0.3, 0.4) is 0 Å². The van der Waals surface area contributed by atoms with Crippen LogP contribution in [-0.4, -0.2) is 37.9 Å². The molecule has 0 aromatic heterocycles. The van der Waals surface area contributed by atoms with Crippen LogP contribution in [0.2, 0.25) is 0 Å². The summed E-state index contributed by atoms with van der Waals surface area (Å²) in [4.78, 5) is 11.4. The zero-order chi connectivity index (χ0) is 13.5. The van der Waals surface area contributed by atoms with Gasteiger partial charge in [0.05, 0.1) is 14.2 Å². The summed E-state index contributed by atoms with van der Waals surface area (Å²) < 4.78 is 10.3. The first-order chi connectivity index (χ1) is 8.62. The molecule has 0 aliphatic heterocycles. The summed E-state index contributed by atoms with van der Waals surface area (Å²) in [7, 11) is 3.10. The minimum Gasteiger partial charge on any atom is -0.497 e. The second kappa shape index (κ2) is 6.83. The van der Waals surface area contributed by atoms with E-state index < -0.39 is 12.0 Å². The number of aliphatic hydroxyl groups excluding tert-OH is 1. The molecule has 1 unspecified atom stereocenters. The maximum absolute atomic E-state index is 11.4. The topological polar surface area (TPSA) is 93.8 Å². The standard InChI is InChI=1S/C12H18N2O4/c1-17-9-3-4-11(18-2)8(5-9)7-14-12(16)10(15)6-13/h3-5,10,15H,6-7,13H2,1-2H3,(H,14,16). The van der Waals surface area contributed by atoms with Gasteiger partial charge in [0, 0.05) is 18.7 Å². The minimum atomic E-state index is -1.19. The first kappa shape index (κ1) is 14.3. The monoisotopic (exact) mass is 254 g/mol. The van der Waals surface area contributed by atoms with E-state index in [-0.39, 0.29) is 13.1 Å². The molecular weight excluding hydrogens is 236 g/mol. The summed E-state index contributed by atoms with van der Waals surface area (Å²) in [6, 6.07) is 5.27. The number of amides is 1. The summed E-state index contributed by atoms with van der Waals surface area (Å²) in [5.41, 5.74) is 5.95. The highest BCUT2D eigenvalue weighted by Crippen LogP contribution is 2.23. The van der Waals surface area contributed by atoms with Crippen molar-refractivity contribution in [1.29, 1.82) is 0 Å². The highest BCUT2D eigenvalue weighted by Gasteiger charge is 2.13. The molecule has 0 fully saturated rings. The lowest BCUT2D eigenvalue weighted by atomic mass is 10.2. The summed E-state index contributed by atoms with van der Waals surface area (Å²) in [5.74, 6) is 0.792. The Hall–Kier alpha value is -1.79. The van der Waals surface area contributed by atoms with Crippen molar-refractivity contribution in [3.63, 3.8) is 0 Å². The molecule has 1 amide bonds. The number of carbonyl (C=O) groups excluding carboxylic acids is 1. The molecule has 0 heterocycles. The Bertz CT molecular complexity index is 409. The average Bonchev–Trinajstić information content (AvgIpc) is 2.43. The molecule has 1 rings (SSSR count). The normalized spacial score (nSPS) is 11.8. The van der Waals surface area contributed by atoms with Crippen LogP contribution in [0.4, 0.5) is 0 Å². The van der Waals surface area contributed by atoms with Crippen LogP contribution in [0.25, 0.3) is 0 Å². The maximum Gasteiger partial charge on any atom is 0.250 e. The van der Waals surface area contributed by atoms with Gasteiger partial charge in [0.25, 0.3) is 0 Å². The lowest BCUT2D eigenvalue weighted by Gasteiger charge is -2.13. The molecular formula is C12H18N2O4. The number of nitrogens with one attached hydrogen (secondary N) is 1. The zero-order valence-electron chi connectivity index (χ0n) is 10.5. The van der Waals surface area contributed by atoms with Gasteiger partial charge < -0.3 is 25.6 Å². The van der Waals surface area contributed by atoms with Crippen molar-refractivity contribution in [1.82, 2.24) is 5.32 Å². The highest BCUT2D eigenvalue weighted by molar-refractivity contribution is 5.80. The van der Waals surface area contributed by atoms with E-state index in [0.29, 0.717) is 11.5 Å². The van der Waals surface area contributed by atoms with Gasteiger partial charge in [0.15, 0.2) is 0 Å². The smallest absolute Gasteiger partial charge is 0.250 e. The fourth-order valence-corrected chi connectivity index (χ4v) is 1.43. The van der Waals surface area contributed by atoms with Crippen LogP contribution in [0.5, 0.6) is 11.5 Å². The van der Waals surface area contributed by atoms with Gasteiger partial charge in [-0.15, -0.1) is 0 Å². The molecule has 0 aliphatic carbocycles. The van der Waals surface area contributed by atoms with Gasteiger partial charge >= 0.3 is 0 Å². The van der Waals surface area contributed by atoms with E-state index >= 15 is 0 Å². The second-order valence-corrected chi connectivity index (χ2v) is 3.65. The maximum atomic E-state index is 11.4. The first-order valence-corrected chi connectivity index (χ1v) is 5.49. The molecule has 100 valence electrons. The molecule has 0 radical (unpaired) electrons. The molecule has 6 nitrogen and oxygen atoms in total. The predicted octanol–water partition coefficient (Wildman–Crippen LogP) is -0.360. The molecule has 1 aromatic rings. The SMILES string of the molecule is COc1ccc(OC)c(CNC(=O)C(O)CN)c1. The van der Waals surface area contributed by atoms with Gasteiger partial charge in [-0.05, 0) is 18.2 Å². The number of benzene rings is 1. The fourth-order valence-electron chi connectivity index (χ4n) is 1.43. The van der Waals surface area contributed by atoms with Gasteiger partial charge in [-0.1, -0.05) is 0 Å². The number of methoxy groups -OCH3 is 2.